The summed E-state index contributed by atoms with van der Waals surface area (Å²) in [7, 11) is 0. The quantitative estimate of drug-likeness (QED) is 0.847. The maximum absolute atomic E-state index is 10.1. The predicted molar refractivity (Wildman–Crippen MR) is 67.9 cm³/mol. The third-order valence-electron chi connectivity index (χ3n) is 2.81. The summed E-state index contributed by atoms with van der Waals surface area (Å²) in [4.78, 5) is 0. The lowest BCUT2D eigenvalue weighted by Crippen LogP contribution is -2.02. The van der Waals surface area contributed by atoms with E-state index in [2.05, 4.69) is 0 Å². The highest BCUT2D eigenvalue weighted by molar-refractivity contribution is 5.38. The van der Waals surface area contributed by atoms with E-state index in [1.807, 2.05) is 49.4 Å². The lowest BCUT2D eigenvalue weighted by Gasteiger charge is -2.13. The molecule has 0 heterocycles. The van der Waals surface area contributed by atoms with Gasteiger partial charge in [-0.15, -0.1) is 0 Å². The van der Waals surface area contributed by atoms with Crippen molar-refractivity contribution < 1.29 is 10.2 Å². The first-order chi connectivity index (χ1) is 8.16. The van der Waals surface area contributed by atoms with Crippen LogP contribution in [0.5, 0.6) is 5.75 Å². The van der Waals surface area contributed by atoms with Crippen molar-refractivity contribution in [2.45, 2.75) is 19.4 Å². The molecule has 0 unspecified atom stereocenters. The molecule has 0 aliphatic carbocycles. The van der Waals surface area contributed by atoms with E-state index in [9.17, 15) is 10.2 Å². The molecule has 0 fully saturated rings. The summed E-state index contributed by atoms with van der Waals surface area (Å²) in [5, 5.41) is 19.8. The van der Waals surface area contributed by atoms with E-state index in [4.69, 9.17) is 0 Å². The van der Waals surface area contributed by atoms with Crippen molar-refractivity contribution >= 4 is 0 Å². The van der Waals surface area contributed by atoms with Crippen LogP contribution in [0.15, 0.2) is 48.5 Å². The molecule has 2 N–H and O–H groups in total. The zero-order chi connectivity index (χ0) is 12.3. The van der Waals surface area contributed by atoms with Crippen molar-refractivity contribution in [3.63, 3.8) is 0 Å². The predicted octanol–water partition coefficient (Wildman–Crippen LogP) is 2.98. The van der Waals surface area contributed by atoms with Crippen molar-refractivity contribution in [3.8, 4) is 5.75 Å². The number of aliphatic hydroxyl groups excluding tert-OH is 1. The Labute approximate surface area is 101 Å². The molecule has 0 saturated carbocycles. The average molecular weight is 228 g/mol. The normalized spacial score (nSPS) is 12.4. The summed E-state index contributed by atoms with van der Waals surface area (Å²) < 4.78 is 0. The maximum Gasteiger partial charge on any atom is 0.121 e. The summed E-state index contributed by atoms with van der Waals surface area (Å²) in [6.45, 7) is 1.94. The number of hydrogen-bond donors (Lipinski definition) is 2. The number of benzene rings is 2. The van der Waals surface area contributed by atoms with E-state index >= 15 is 0 Å². The summed E-state index contributed by atoms with van der Waals surface area (Å²) in [6, 6.07) is 15.0. The van der Waals surface area contributed by atoms with Crippen molar-refractivity contribution in [3.05, 3.63) is 65.2 Å². The van der Waals surface area contributed by atoms with E-state index in [0.717, 1.165) is 11.1 Å². The number of aromatic hydroxyl groups is 1. The molecule has 0 spiro atoms. The minimum atomic E-state index is -0.669. The molecule has 2 heteroatoms. The zero-order valence-electron chi connectivity index (χ0n) is 9.80. The van der Waals surface area contributed by atoms with Gasteiger partial charge in [0.1, 0.15) is 5.75 Å². The standard InChI is InChI=1S/C15H16O2/c1-11-7-8-14(16)13(9-11)15(17)10-12-5-3-2-4-6-12/h2-9,15-17H,10H2,1H3/t15-/m1/s1. The number of rotatable bonds is 3. The highest BCUT2D eigenvalue weighted by Gasteiger charge is 2.12. The molecule has 0 bridgehead atoms. The van der Waals surface area contributed by atoms with Crippen LogP contribution in [-0.2, 0) is 6.42 Å². The molecule has 88 valence electrons. The van der Waals surface area contributed by atoms with Gasteiger partial charge in [0, 0.05) is 12.0 Å². The summed E-state index contributed by atoms with van der Waals surface area (Å²) >= 11 is 0. The van der Waals surface area contributed by atoms with E-state index in [0.29, 0.717) is 12.0 Å². The molecule has 0 aliphatic rings. The molecule has 2 aromatic rings. The maximum atomic E-state index is 10.1. The molecule has 17 heavy (non-hydrogen) atoms. The van der Waals surface area contributed by atoms with Gasteiger partial charge in [-0.2, -0.15) is 0 Å². The Hall–Kier alpha value is -1.80. The number of aliphatic hydroxyl groups is 1. The molecular weight excluding hydrogens is 212 g/mol. The Kier molecular flexibility index (Phi) is 3.45. The SMILES string of the molecule is Cc1ccc(O)c([C@H](O)Cc2ccccc2)c1. The number of hydrogen-bond acceptors (Lipinski definition) is 2. The Balaban J connectivity index is 2.20. The van der Waals surface area contributed by atoms with Crippen LogP contribution in [0.3, 0.4) is 0 Å². The monoisotopic (exact) mass is 228 g/mol. The first-order valence-corrected chi connectivity index (χ1v) is 5.68. The van der Waals surface area contributed by atoms with Gasteiger partial charge < -0.3 is 10.2 Å². The van der Waals surface area contributed by atoms with Crippen LogP contribution in [0.25, 0.3) is 0 Å². The molecule has 1 atom stereocenters. The molecular formula is C15H16O2. The van der Waals surface area contributed by atoms with Crippen molar-refractivity contribution in [1.82, 2.24) is 0 Å². The molecule has 0 aromatic heterocycles. The van der Waals surface area contributed by atoms with E-state index in [-0.39, 0.29) is 5.75 Å². The first kappa shape index (κ1) is 11.7. The van der Waals surface area contributed by atoms with Crippen LogP contribution >= 0.6 is 0 Å². The lowest BCUT2D eigenvalue weighted by atomic mass is 9.99. The Morgan fingerprint density at radius 1 is 1.06 bits per heavy atom. The molecule has 0 saturated heterocycles. The van der Waals surface area contributed by atoms with Gasteiger partial charge in [0.2, 0.25) is 0 Å². The summed E-state index contributed by atoms with van der Waals surface area (Å²) in [5.74, 6) is 0.152. The smallest absolute Gasteiger partial charge is 0.121 e. The number of phenols is 1. The Bertz CT molecular complexity index is 492. The highest BCUT2D eigenvalue weighted by Crippen LogP contribution is 2.27. The molecule has 0 aliphatic heterocycles. The fourth-order valence-corrected chi connectivity index (χ4v) is 1.89. The van der Waals surface area contributed by atoms with Gasteiger partial charge in [0.05, 0.1) is 6.10 Å². The van der Waals surface area contributed by atoms with E-state index < -0.39 is 6.10 Å². The molecule has 0 amide bonds. The van der Waals surface area contributed by atoms with E-state index in [1.165, 1.54) is 0 Å². The Morgan fingerprint density at radius 2 is 1.76 bits per heavy atom. The van der Waals surface area contributed by atoms with Gasteiger partial charge in [-0.05, 0) is 24.6 Å². The van der Waals surface area contributed by atoms with Crippen LogP contribution in [0.4, 0.5) is 0 Å². The third-order valence-corrected chi connectivity index (χ3v) is 2.81. The summed E-state index contributed by atoms with van der Waals surface area (Å²) in [6.07, 6.45) is -0.157. The van der Waals surface area contributed by atoms with Gasteiger partial charge in [0.15, 0.2) is 0 Å². The lowest BCUT2D eigenvalue weighted by molar-refractivity contribution is 0.174. The minimum Gasteiger partial charge on any atom is -0.508 e. The van der Waals surface area contributed by atoms with Crippen LogP contribution in [0.2, 0.25) is 0 Å². The summed E-state index contributed by atoms with van der Waals surface area (Å²) in [5.41, 5.74) is 2.68. The van der Waals surface area contributed by atoms with Crippen LogP contribution in [0.1, 0.15) is 22.8 Å². The fraction of sp³-hybridized carbons (Fsp3) is 0.200. The van der Waals surface area contributed by atoms with Gasteiger partial charge in [-0.1, -0.05) is 42.0 Å². The first-order valence-electron chi connectivity index (χ1n) is 5.68. The minimum absolute atomic E-state index is 0.152. The molecule has 2 rings (SSSR count). The van der Waals surface area contributed by atoms with Crippen molar-refractivity contribution in [2.24, 2.45) is 0 Å². The second kappa shape index (κ2) is 5.02. The zero-order valence-corrected chi connectivity index (χ0v) is 9.80. The third kappa shape index (κ3) is 2.86. The molecule has 0 radical (unpaired) electrons. The highest BCUT2D eigenvalue weighted by atomic mass is 16.3. The number of phenolic OH excluding ortho intramolecular Hbond substituents is 1. The van der Waals surface area contributed by atoms with Gasteiger partial charge in [-0.3, -0.25) is 0 Å². The van der Waals surface area contributed by atoms with Gasteiger partial charge in [-0.25, -0.2) is 0 Å². The van der Waals surface area contributed by atoms with Crippen LogP contribution in [-0.4, -0.2) is 10.2 Å². The average Bonchev–Trinajstić information content (AvgIpc) is 2.33. The largest absolute Gasteiger partial charge is 0.508 e. The van der Waals surface area contributed by atoms with Crippen molar-refractivity contribution in [2.75, 3.05) is 0 Å². The fourth-order valence-electron chi connectivity index (χ4n) is 1.89. The van der Waals surface area contributed by atoms with Crippen LogP contribution in [0, 0.1) is 6.92 Å². The van der Waals surface area contributed by atoms with Gasteiger partial charge >= 0.3 is 0 Å². The van der Waals surface area contributed by atoms with E-state index in [1.54, 1.807) is 6.07 Å². The van der Waals surface area contributed by atoms with Crippen molar-refractivity contribution in [1.29, 1.82) is 0 Å². The Morgan fingerprint density at radius 3 is 2.47 bits per heavy atom. The van der Waals surface area contributed by atoms with Crippen LogP contribution < -0.4 is 0 Å². The second-order valence-electron chi connectivity index (χ2n) is 4.27. The molecule has 2 aromatic carbocycles. The molecule has 2 nitrogen and oxygen atoms in total. The topological polar surface area (TPSA) is 40.5 Å². The second-order valence-corrected chi connectivity index (χ2v) is 4.27. The number of aryl methyl sites for hydroxylation is 1. The van der Waals surface area contributed by atoms with Gasteiger partial charge in [0.25, 0.3) is 0 Å².